The number of carbonyl (C=O) groups is 1. The van der Waals surface area contributed by atoms with Crippen molar-refractivity contribution in [2.75, 3.05) is 34.0 Å². The van der Waals surface area contributed by atoms with Crippen molar-refractivity contribution in [1.29, 1.82) is 0 Å². The van der Waals surface area contributed by atoms with Crippen LogP contribution in [-0.4, -0.2) is 39.0 Å². The fourth-order valence-electron chi connectivity index (χ4n) is 3.13. The standard InChI is InChI=1S/C20H21N9O3/c30-20(22-15-8-10-16(11-9-15)29(31)32)27-26-18-23-17(21-14-6-2-1-3-7-14)24-19(25-18)28-12-4-5-13-28/h1-3,6-11H,4-5,12-13H2,(H2,22,27,30)(H2,21,23,24,25,26). The van der Waals surface area contributed by atoms with Crippen LogP contribution in [0.1, 0.15) is 12.8 Å². The van der Waals surface area contributed by atoms with Crippen molar-refractivity contribution in [3.63, 3.8) is 0 Å². The Morgan fingerprint density at radius 2 is 1.59 bits per heavy atom. The Hall–Kier alpha value is -4.48. The van der Waals surface area contributed by atoms with E-state index >= 15 is 0 Å². The van der Waals surface area contributed by atoms with Gasteiger partial charge in [0.05, 0.1) is 4.92 Å². The highest BCUT2D eigenvalue weighted by Crippen LogP contribution is 2.20. The molecule has 12 heteroatoms. The number of amides is 2. The van der Waals surface area contributed by atoms with E-state index in [1.165, 1.54) is 24.3 Å². The van der Waals surface area contributed by atoms with Crippen LogP contribution in [0.15, 0.2) is 54.6 Å². The van der Waals surface area contributed by atoms with Crippen LogP contribution in [0.4, 0.5) is 39.7 Å². The predicted octanol–water partition coefficient (Wildman–Crippen LogP) is 3.27. The minimum Gasteiger partial charge on any atom is -0.341 e. The van der Waals surface area contributed by atoms with Crippen molar-refractivity contribution in [2.45, 2.75) is 12.8 Å². The van der Waals surface area contributed by atoms with Gasteiger partial charge >= 0.3 is 6.03 Å². The van der Waals surface area contributed by atoms with E-state index in [1.807, 2.05) is 30.3 Å². The maximum atomic E-state index is 12.2. The van der Waals surface area contributed by atoms with E-state index in [4.69, 9.17) is 0 Å². The number of hydrazine groups is 1. The second-order valence-corrected chi connectivity index (χ2v) is 6.98. The molecule has 2 amide bonds. The first-order valence-corrected chi connectivity index (χ1v) is 9.97. The summed E-state index contributed by atoms with van der Waals surface area (Å²) in [6.07, 6.45) is 2.12. The molecule has 3 aromatic rings. The highest BCUT2D eigenvalue weighted by molar-refractivity contribution is 5.89. The van der Waals surface area contributed by atoms with Crippen LogP contribution in [0.3, 0.4) is 0 Å². The molecule has 0 atom stereocenters. The third-order valence-electron chi connectivity index (χ3n) is 4.67. The van der Waals surface area contributed by atoms with E-state index < -0.39 is 11.0 Å². The second-order valence-electron chi connectivity index (χ2n) is 6.98. The zero-order chi connectivity index (χ0) is 22.3. The number of anilines is 5. The van der Waals surface area contributed by atoms with Crippen molar-refractivity contribution in [3.8, 4) is 0 Å². The normalized spacial score (nSPS) is 12.8. The van der Waals surface area contributed by atoms with E-state index in [-0.39, 0.29) is 11.6 Å². The van der Waals surface area contributed by atoms with E-state index in [0.29, 0.717) is 17.6 Å². The molecule has 2 heterocycles. The zero-order valence-corrected chi connectivity index (χ0v) is 17.0. The molecule has 32 heavy (non-hydrogen) atoms. The van der Waals surface area contributed by atoms with Gasteiger partial charge in [0.15, 0.2) is 0 Å². The van der Waals surface area contributed by atoms with E-state index in [2.05, 4.69) is 41.3 Å². The lowest BCUT2D eigenvalue weighted by atomic mass is 10.3. The largest absolute Gasteiger partial charge is 0.341 e. The van der Waals surface area contributed by atoms with Crippen molar-refractivity contribution < 1.29 is 9.72 Å². The fraction of sp³-hybridized carbons (Fsp3) is 0.200. The summed E-state index contributed by atoms with van der Waals surface area (Å²) < 4.78 is 0. The van der Waals surface area contributed by atoms with E-state index in [0.717, 1.165) is 31.6 Å². The molecule has 1 saturated heterocycles. The smallest absolute Gasteiger partial charge is 0.337 e. The summed E-state index contributed by atoms with van der Waals surface area (Å²) in [7, 11) is 0. The summed E-state index contributed by atoms with van der Waals surface area (Å²) in [5, 5.41) is 16.4. The molecule has 2 aromatic carbocycles. The first-order chi connectivity index (χ1) is 15.6. The van der Waals surface area contributed by atoms with Gasteiger partial charge in [0.1, 0.15) is 0 Å². The number of nitro benzene ring substituents is 1. The highest BCUT2D eigenvalue weighted by Gasteiger charge is 2.18. The van der Waals surface area contributed by atoms with Gasteiger partial charge in [-0.2, -0.15) is 15.0 Å². The lowest BCUT2D eigenvalue weighted by Crippen LogP contribution is -2.34. The molecule has 0 unspecified atom stereocenters. The van der Waals surface area contributed by atoms with Crippen LogP contribution in [0.2, 0.25) is 0 Å². The van der Waals surface area contributed by atoms with E-state index in [9.17, 15) is 14.9 Å². The molecule has 0 bridgehead atoms. The van der Waals surface area contributed by atoms with Crippen molar-refractivity contribution in [3.05, 3.63) is 64.7 Å². The Bertz CT molecular complexity index is 1090. The number of aromatic nitrogens is 3. The van der Waals surface area contributed by atoms with Crippen molar-refractivity contribution in [2.24, 2.45) is 0 Å². The van der Waals surface area contributed by atoms with Gasteiger partial charge in [-0.3, -0.25) is 15.5 Å². The number of carbonyl (C=O) groups excluding carboxylic acids is 1. The molecule has 12 nitrogen and oxygen atoms in total. The summed E-state index contributed by atoms with van der Waals surface area (Å²) >= 11 is 0. The van der Waals surface area contributed by atoms with Crippen LogP contribution >= 0.6 is 0 Å². The summed E-state index contributed by atoms with van der Waals surface area (Å²) in [5.41, 5.74) is 6.30. The number of hydrogen-bond acceptors (Lipinski definition) is 9. The van der Waals surface area contributed by atoms with Crippen LogP contribution in [0, 0.1) is 10.1 Å². The van der Waals surface area contributed by atoms with Gasteiger partial charge in [0, 0.05) is 36.6 Å². The van der Waals surface area contributed by atoms with Crippen LogP contribution in [0.5, 0.6) is 0 Å². The Kier molecular flexibility index (Phi) is 6.20. The first kappa shape index (κ1) is 20.8. The quantitative estimate of drug-likeness (QED) is 0.324. The van der Waals surface area contributed by atoms with Gasteiger partial charge in [0.2, 0.25) is 17.8 Å². The third-order valence-corrected chi connectivity index (χ3v) is 4.67. The van der Waals surface area contributed by atoms with Gasteiger partial charge in [-0.15, -0.1) is 0 Å². The topological polar surface area (TPSA) is 150 Å². The molecule has 1 aliphatic rings. The molecule has 0 spiro atoms. The summed E-state index contributed by atoms with van der Waals surface area (Å²) in [6.45, 7) is 1.70. The van der Waals surface area contributed by atoms with Crippen LogP contribution < -0.4 is 26.4 Å². The number of hydrogen-bond donors (Lipinski definition) is 4. The number of urea groups is 1. The number of non-ortho nitro benzene ring substituents is 1. The number of nitro groups is 1. The maximum Gasteiger partial charge on any atom is 0.337 e. The predicted molar refractivity (Wildman–Crippen MR) is 120 cm³/mol. The summed E-state index contributed by atoms with van der Waals surface area (Å²) in [6, 6.07) is 14.4. The average molecular weight is 435 g/mol. The average Bonchev–Trinajstić information content (AvgIpc) is 3.34. The maximum absolute atomic E-state index is 12.2. The highest BCUT2D eigenvalue weighted by atomic mass is 16.6. The molecule has 1 fully saturated rings. The number of nitrogens with zero attached hydrogens (tertiary/aromatic N) is 5. The molecule has 1 aromatic heterocycles. The fourth-order valence-corrected chi connectivity index (χ4v) is 3.13. The minimum absolute atomic E-state index is 0.0628. The Morgan fingerprint density at radius 1 is 0.906 bits per heavy atom. The number of nitrogens with one attached hydrogen (secondary N) is 4. The molecule has 4 N–H and O–H groups in total. The molecule has 4 rings (SSSR count). The van der Waals surface area contributed by atoms with E-state index in [1.54, 1.807) is 0 Å². The van der Waals surface area contributed by atoms with Gasteiger partial charge in [-0.25, -0.2) is 10.2 Å². The van der Waals surface area contributed by atoms with Crippen LogP contribution in [-0.2, 0) is 0 Å². The number of para-hydroxylation sites is 1. The monoisotopic (exact) mass is 435 g/mol. The molecule has 0 saturated carbocycles. The Morgan fingerprint density at radius 3 is 2.28 bits per heavy atom. The molecule has 1 aliphatic heterocycles. The van der Waals surface area contributed by atoms with Crippen LogP contribution in [0.25, 0.3) is 0 Å². The van der Waals surface area contributed by atoms with Gasteiger partial charge in [-0.05, 0) is 37.1 Å². The first-order valence-electron chi connectivity index (χ1n) is 9.97. The van der Waals surface area contributed by atoms with Crippen molar-refractivity contribution >= 4 is 40.9 Å². The Labute approximate surface area is 183 Å². The Balaban J connectivity index is 1.44. The van der Waals surface area contributed by atoms with Crippen molar-refractivity contribution in [1.82, 2.24) is 20.4 Å². The molecular weight excluding hydrogens is 414 g/mol. The van der Waals surface area contributed by atoms with Gasteiger partial charge in [-0.1, -0.05) is 18.2 Å². The lowest BCUT2D eigenvalue weighted by Gasteiger charge is -2.17. The summed E-state index contributed by atoms with van der Waals surface area (Å²) in [4.78, 5) is 37.7. The molecular formula is C20H21N9O3. The second kappa shape index (κ2) is 9.55. The molecule has 0 radical (unpaired) electrons. The third kappa shape index (κ3) is 5.36. The molecule has 0 aliphatic carbocycles. The summed E-state index contributed by atoms with van der Waals surface area (Å²) in [5.74, 6) is 1.02. The zero-order valence-electron chi connectivity index (χ0n) is 17.0. The number of benzene rings is 2. The number of rotatable bonds is 7. The lowest BCUT2D eigenvalue weighted by molar-refractivity contribution is -0.384. The van der Waals surface area contributed by atoms with Gasteiger partial charge < -0.3 is 15.5 Å². The SMILES string of the molecule is O=C(NNc1nc(Nc2ccccc2)nc(N2CCCC2)n1)Nc1ccc([N+](=O)[O-])cc1. The van der Waals surface area contributed by atoms with Gasteiger partial charge in [0.25, 0.3) is 5.69 Å². The molecule has 164 valence electrons. The minimum atomic E-state index is -0.584.